The van der Waals surface area contributed by atoms with Gasteiger partial charge in [0.1, 0.15) is 0 Å². The Bertz CT molecular complexity index is 582. The molecule has 1 unspecified atom stereocenters. The van der Waals surface area contributed by atoms with E-state index in [1.807, 2.05) is 12.1 Å². The lowest BCUT2D eigenvalue weighted by Crippen LogP contribution is -2.19. The molecule has 2 aromatic rings. The minimum absolute atomic E-state index is 0.00333. The number of fused-ring (bicyclic) bond motifs is 1. The second-order valence-electron chi connectivity index (χ2n) is 5.62. The molecular weight excluding hydrogens is 236 g/mol. The lowest BCUT2D eigenvalue weighted by molar-refractivity contribution is 0.277. The van der Waals surface area contributed by atoms with Crippen molar-refractivity contribution in [2.75, 3.05) is 13.1 Å². The first kappa shape index (κ1) is 12.6. The molecule has 1 atom stereocenters. The highest BCUT2D eigenvalue weighted by Gasteiger charge is 2.18. The summed E-state index contributed by atoms with van der Waals surface area (Å²) in [5, 5.41) is 10.3. The fourth-order valence-electron chi connectivity index (χ4n) is 2.83. The van der Waals surface area contributed by atoms with Gasteiger partial charge in [-0.05, 0) is 42.6 Å². The van der Waals surface area contributed by atoms with Gasteiger partial charge in [-0.1, -0.05) is 19.1 Å². The number of hydrogen-bond acceptors (Lipinski definition) is 3. The van der Waals surface area contributed by atoms with Crippen LogP contribution in [0.3, 0.4) is 0 Å². The van der Waals surface area contributed by atoms with E-state index in [2.05, 4.69) is 35.0 Å². The normalized spacial score (nSPS) is 20.2. The number of nitrogens with zero attached hydrogens (tertiary/aromatic N) is 2. The highest BCUT2D eigenvalue weighted by molar-refractivity contribution is 5.79. The van der Waals surface area contributed by atoms with Gasteiger partial charge in [0.15, 0.2) is 0 Å². The van der Waals surface area contributed by atoms with Gasteiger partial charge in [0, 0.05) is 18.5 Å². The summed E-state index contributed by atoms with van der Waals surface area (Å²) in [6.07, 6.45) is 1.31. The largest absolute Gasteiger partial charge is 0.390 e. The Morgan fingerprint density at radius 1 is 1.32 bits per heavy atom. The van der Waals surface area contributed by atoms with Crippen LogP contribution in [0.4, 0.5) is 0 Å². The van der Waals surface area contributed by atoms with Crippen molar-refractivity contribution in [2.24, 2.45) is 5.92 Å². The lowest BCUT2D eigenvalue weighted by atomic mass is 10.1. The molecule has 2 heterocycles. The number of rotatable bonds is 3. The molecule has 0 saturated carbocycles. The molecule has 1 fully saturated rings. The average molecular weight is 256 g/mol. The summed E-state index contributed by atoms with van der Waals surface area (Å²) in [5.41, 5.74) is 3.04. The minimum Gasteiger partial charge on any atom is -0.390 e. The third-order valence-electron chi connectivity index (χ3n) is 3.89. The number of pyridine rings is 1. The molecule has 3 nitrogen and oxygen atoms in total. The fourth-order valence-corrected chi connectivity index (χ4v) is 2.83. The van der Waals surface area contributed by atoms with Gasteiger partial charge in [0.2, 0.25) is 0 Å². The Kier molecular flexibility index (Phi) is 3.49. The number of benzene rings is 1. The zero-order valence-electron chi connectivity index (χ0n) is 11.3. The zero-order chi connectivity index (χ0) is 13.2. The second-order valence-corrected chi connectivity index (χ2v) is 5.62. The lowest BCUT2D eigenvalue weighted by Gasteiger charge is -2.15. The maximum absolute atomic E-state index is 9.10. The summed E-state index contributed by atoms with van der Waals surface area (Å²) in [7, 11) is 0. The van der Waals surface area contributed by atoms with Crippen molar-refractivity contribution in [1.82, 2.24) is 9.88 Å². The molecule has 19 heavy (non-hydrogen) atoms. The topological polar surface area (TPSA) is 36.4 Å². The SMILES string of the molecule is CC1CCN(Cc2ccc3nc(CO)ccc3c2)C1. The molecule has 0 aliphatic carbocycles. The Hall–Kier alpha value is -1.45. The first-order valence-corrected chi connectivity index (χ1v) is 6.96. The first-order valence-electron chi connectivity index (χ1n) is 6.96. The van der Waals surface area contributed by atoms with Crippen molar-refractivity contribution in [2.45, 2.75) is 26.5 Å². The molecule has 1 saturated heterocycles. The van der Waals surface area contributed by atoms with E-state index in [9.17, 15) is 0 Å². The van der Waals surface area contributed by atoms with E-state index in [0.29, 0.717) is 0 Å². The van der Waals surface area contributed by atoms with Crippen molar-refractivity contribution >= 4 is 10.9 Å². The van der Waals surface area contributed by atoms with Crippen LogP contribution in [0.5, 0.6) is 0 Å². The molecule has 3 heteroatoms. The van der Waals surface area contributed by atoms with E-state index in [0.717, 1.165) is 29.1 Å². The molecule has 1 aromatic heterocycles. The van der Waals surface area contributed by atoms with Gasteiger partial charge in [-0.2, -0.15) is 0 Å². The number of aromatic nitrogens is 1. The van der Waals surface area contributed by atoms with Crippen molar-refractivity contribution in [3.8, 4) is 0 Å². The Balaban J connectivity index is 1.81. The summed E-state index contributed by atoms with van der Waals surface area (Å²) >= 11 is 0. The van der Waals surface area contributed by atoms with Crippen LogP contribution in [0.15, 0.2) is 30.3 Å². The monoisotopic (exact) mass is 256 g/mol. The molecule has 1 N–H and O–H groups in total. The maximum atomic E-state index is 9.10. The van der Waals surface area contributed by atoms with Crippen LogP contribution in [-0.4, -0.2) is 28.1 Å². The van der Waals surface area contributed by atoms with Crippen LogP contribution in [0.1, 0.15) is 24.6 Å². The quantitative estimate of drug-likeness (QED) is 0.917. The number of aliphatic hydroxyl groups excluding tert-OH is 1. The van der Waals surface area contributed by atoms with E-state index in [4.69, 9.17) is 5.11 Å². The Morgan fingerprint density at radius 2 is 2.21 bits per heavy atom. The predicted molar refractivity (Wildman–Crippen MR) is 76.7 cm³/mol. The van der Waals surface area contributed by atoms with Gasteiger partial charge < -0.3 is 5.11 Å². The van der Waals surface area contributed by atoms with Crippen LogP contribution >= 0.6 is 0 Å². The standard InChI is InChI=1S/C16H20N2O/c1-12-6-7-18(9-12)10-13-2-5-16-14(8-13)3-4-15(11-19)17-16/h2-5,8,12,19H,6-7,9-11H2,1H3. The highest BCUT2D eigenvalue weighted by atomic mass is 16.3. The molecular formula is C16H20N2O. The second kappa shape index (κ2) is 5.27. The van der Waals surface area contributed by atoms with Crippen LogP contribution in [0, 0.1) is 5.92 Å². The van der Waals surface area contributed by atoms with E-state index in [1.54, 1.807) is 0 Å². The molecule has 100 valence electrons. The van der Waals surface area contributed by atoms with Crippen molar-refractivity contribution < 1.29 is 5.11 Å². The average Bonchev–Trinajstić information content (AvgIpc) is 2.83. The van der Waals surface area contributed by atoms with Crippen LogP contribution < -0.4 is 0 Å². The van der Waals surface area contributed by atoms with E-state index >= 15 is 0 Å². The molecule has 1 aromatic carbocycles. The molecule has 1 aliphatic heterocycles. The van der Waals surface area contributed by atoms with E-state index in [-0.39, 0.29) is 6.61 Å². The third-order valence-corrected chi connectivity index (χ3v) is 3.89. The van der Waals surface area contributed by atoms with E-state index in [1.165, 1.54) is 25.1 Å². The number of likely N-dealkylation sites (tertiary alicyclic amines) is 1. The Morgan fingerprint density at radius 3 is 2.95 bits per heavy atom. The van der Waals surface area contributed by atoms with Gasteiger partial charge in [0.05, 0.1) is 17.8 Å². The highest BCUT2D eigenvalue weighted by Crippen LogP contribution is 2.20. The summed E-state index contributed by atoms with van der Waals surface area (Å²) < 4.78 is 0. The fraction of sp³-hybridized carbons (Fsp3) is 0.438. The maximum Gasteiger partial charge on any atom is 0.0853 e. The van der Waals surface area contributed by atoms with Crippen molar-refractivity contribution in [3.63, 3.8) is 0 Å². The van der Waals surface area contributed by atoms with Crippen LogP contribution in [0.25, 0.3) is 10.9 Å². The summed E-state index contributed by atoms with van der Waals surface area (Å²) in [5.74, 6) is 0.828. The van der Waals surface area contributed by atoms with Gasteiger partial charge >= 0.3 is 0 Å². The molecule has 0 amide bonds. The minimum atomic E-state index is 0.00333. The Labute approximate surface area is 113 Å². The number of aliphatic hydroxyl groups is 1. The molecule has 0 spiro atoms. The summed E-state index contributed by atoms with van der Waals surface area (Å²) in [4.78, 5) is 6.93. The predicted octanol–water partition coefficient (Wildman–Crippen LogP) is 2.57. The zero-order valence-corrected chi connectivity index (χ0v) is 11.3. The third kappa shape index (κ3) is 2.77. The molecule has 1 aliphatic rings. The van der Waals surface area contributed by atoms with E-state index < -0.39 is 0 Å². The van der Waals surface area contributed by atoms with Gasteiger partial charge in [-0.15, -0.1) is 0 Å². The van der Waals surface area contributed by atoms with Crippen LogP contribution in [-0.2, 0) is 13.2 Å². The summed E-state index contributed by atoms with van der Waals surface area (Å²) in [6.45, 7) is 5.77. The van der Waals surface area contributed by atoms with Crippen molar-refractivity contribution in [1.29, 1.82) is 0 Å². The summed E-state index contributed by atoms with van der Waals surface area (Å²) in [6, 6.07) is 10.4. The van der Waals surface area contributed by atoms with Gasteiger partial charge in [-0.25, -0.2) is 0 Å². The van der Waals surface area contributed by atoms with Gasteiger partial charge in [-0.3, -0.25) is 9.88 Å². The molecule has 0 bridgehead atoms. The van der Waals surface area contributed by atoms with Crippen LogP contribution in [0.2, 0.25) is 0 Å². The molecule has 0 radical (unpaired) electrons. The first-order chi connectivity index (χ1) is 9.24. The number of hydrogen-bond donors (Lipinski definition) is 1. The smallest absolute Gasteiger partial charge is 0.0853 e. The molecule has 3 rings (SSSR count). The van der Waals surface area contributed by atoms with Crippen molar-refractivity contribution in [3.05, 3.63) is 41.6 Å². The van der Waals surface area contributed by atoms with Gasteiger partial charge in [0.25, 0.3) is 0 Å².